The van der Waals surface area contributed by atoms with Crippen molar-refractivity contribution in [2.75, 3.05) is 0 Å². The summed E-state index contributed by atoms with van der Waals surface area (Å²) in [6.45, 7) is 4.57. The van der Waals surface area contributed by atoms with Gasteiger partial charge in [0.15, 0.2) is 0 Å². The Bertz CT molecular complexity index is 1260. The van der Waals surface area contributed by atoms with Crippen LogP contribution in [0.15, 0.2) is 27.4 Å². The number of benzene rings is 1. The van der Waals surface area contributed by atoms with Crippen molar-refractivity contribution in [1.82, 2.24) is 9.71 Å². The molecule has 0 radical (unpaired) electrons. The van der Waals surface area contributed by atoms with Crippen LogP contribution in [0.5, 0.6) is 0 Å². The largest absolute Gasteiger partial charge is 0.417 e. The molecule has 7 nitrogen and oxygen atoms in total. The van der Waals surface area contributed by atoms with Crippen LogP contribution in [0.3, 0.4) is 0 Å². The second kappa shape index (κ2) is 9.49. The van der Waals surface area contributed by atoms with Gasteiger partial charge in [0.2, 0.25) is 14.4 Å². The summed E-state index contributed by atoms with van der Waals surface area (Å²) in [6, 6.07) is 2.88. The first-order valence-corrected chi connectivity index (χ1v) is 14.6. The Balaban J connectivity index is 2.14. The third-order valence-corrected chi connectivity index (χ3v) is 9.69. The van der Waals surface area contributed by atoms with Gasteiger partial charge in [-0.05, 0) is 50.8 Å². The summed E-state index contributed by atoms with van der Waals surface area (Å²) in [7, 11) is -8.64. The predicted octanol–water partition coefficient (Wildman–Crippen LogP) is 4.68. The maximum Gasteiger partial charge on any atom is 0.417 e. The number of alkyl halides is 3. The molecule has 0 saturated heterocycles. The van der Waals surface area contributed by atoms with Crippen molar-refractivity contribution in [2.45, 2.75) is 80.2 Å². The number of nitrogens with zero attached hydrogens (tertiary/aromatic N) is 1. The van der Waals surface area contributed by atoms with Gasteiger partial charge in [-0.15, -0.1) is 11.3 Å². The van der Waals surface area contributed by atoms with Crippen molar-refractivity contribution >= 4 is 31.4 Å². The molecule has 13 heteroatoms. The standard InChI is InChI=1S/C21H28F3N3O4S3/c1-20(2,3)27-34(30,31)17-10-9-14(12-15(17)21(22,23)24)18-16(11-13-7-5-4-6-8-13)26-19(32-18)33(25,28)29/h9-10,12-13,27H,4-8,11H2,1-3H3,(H2,25,28,29). The maximum absolute atomic E-state index is 14.0. The van der Waals surface area contributed by atoms with E-state index in [4.69, 9.17) is 5.14 Å². The molecule has 0 unspecified atom stereocenters. The van der Waals surface area contributed by atoms with Crippen molar-refractivity contribution in [3.8, 4) is 10.4 Å². The van der Waals surface area contributed by atoms with Gasteiger partial charge in [0, 0.05) is 5.54 Å². The van der Waals surface area contributed by atoms with E-state index in [-0.39, 0.29) is 20.7 Å². The van der Waals surface area contributed by atoms with Crippen molar-refractivity contribution in [3.05, 3.63) is 29.5 Å². The molecule has 1 aliphatic rings. The molecule has 1 aliphatic carbocycles. The third kappa shape index (κ3) is 6.56. The van der Waals surface area contributed by atoms with Crippen LogP contribution in [0, 0.1) is 5.92 Å². The first-order chi connectivity index (χ1) is 15.5. The first kappa shape index (κ1) is 27.1. The van der Waals surface area contributed by atoms with Gasteiger partial charge in [-0.25, -0.2) is 31.7 Å². The van der Waals surface area contributed by atoms with Crippen LogP contribution in [0.4, 0.5) is 13.2 Å². The van der Waals surface area contributed by atoms with Crippen molar-refractivity contribution in [2.24, 2.45) is 11.1 Å². The van der Waals surface area contributed by atoms with E-state index < -0.39 is 42.2 Å². The van der Waals surface area contributed by atoms with Crippen LogP contribution >= 0.6 is 11.3 Å². The third-order valence-electron chi connectivity index (χ3n) is 5.41. The van der Waals surface area contributed by atoms with Gasteiger partial charge in [0.1, 0.15) is 0 Å². The van der Waals surface area contributed by atoms with E-state index >= 15 is 0 Å². The van der Waals surface area contributed by atoms with Crippen LogP contribution in [0.2, 0.25) is 0 Å². The summed E-state index contributed by atoms with van der Waals surface area (Å²) < 4.78 is 93.0. The Labute approximate surface area is 202 Å². The average Bonchev–Trinajstić information content (AvgIpc) is 3.10. The lowest BCUT2D eigenvalue weighted by molar-refractivity contribution is -0.139. The zero-order chi connectivity index (χ0) is 25.5. The number of nitrogens with two attached hydrogens (primary N) is 1. The molecule has 1 aromatic carbocycles. The molecule has 190 valence electrons. The quantitative estimate of drug-likeness (QED) is 0.553. The number of thiazole rings is 1. The summed E-state index contributed by atoms with van der Waals surface area (Å²) in [6.07, 6.45) is 0.450. The molecular formula is C21H28F3N3O4S3. The van der Waals surface area contributed by atoms with Gasteiger partial charge in [-0.3, -0.25) is 0 Å². The van der Waals surface area contributed by atoms with E-state index in [1.165, 1.54) is 26.8 Å². The molecule has 0 amide bonds. The smallest absolute Gasteiger partial charge is 0.228 e. The first-order valence-electron chi connectivity index (χ1n) is 10.8. The lowest BCUT2D eigenvalue weighted by atomic mass is 9.85. The Hall–Kier alpha value is -1.54. The van der Waals surface area contributed by atoms with E-state index in [2.05, 4.69) is 9.71 Å². The minimum absolute atomic E-state index is 0.0419. The van der Waals surface area contributed by atoms with Crippen LogP contribution in [0.1, 0.15) is 64.1 Å². The Morgan fingerprint density at radius 1 is 1.09 bits per heavy atom. The van der Waals surface area contributed by atoms with Crippen molar-refractivity contribution in [1.29, 1.82) is 0 Å². The van der Waals surface area contributed by atoms with E-state index in [1.54, 1.807) is 0 Å². The zero-order valence-electron chi connectivity index (χ0n) is 19.1. The maximum atomic E-state index is 14.0. The molecule has 0 spiro atoms. The Morgan fingerprint density at radius 2 is 1.71 bits per heavy atom. The lowest BCUT2D eigenvalue weighted by Gasteiger charge is -2.23. The van der Waals surface area contributed by atoms with E-state index in [0.29, 0.717) is 23.5 Å². The summed E-state index contributed by atoms with van der Waals surface area (Å²) in [5.41, 5.74) is -1.93. The van der Waals surface area contributed by atoms with Gasteiger partial charge in [-0.1, -0.05) is 38.2 Å². The number of hydrogen-bond acceptors (Lipinski definition) is 6. The molecule has 0 bridgehead atoms. The van der Waals surface area contributed by atoms with Gasteiger partial charge in [-0.2, -0.15) is 13.2 Å². The minimum atomic E-state index is -4.96. The molecule has 1 saturated carbocycles. The number of hydrogen-bond donors (Lipinski definition) is 2. The molecule has 3 N–H and O–H groups in total. The highest BCUT2D eigenvalue weighted by Crippen LogP contribution is 2.41. The van der Waals surface area contributed by atoms with Crippen LogP contribution in [-0.4, -0.2) is 27.4 Å². The van der Waals surface area contributed by atoms with E-state index in [1.807, 2.05) is 0 Å². The summed E-state index contributed by atoms with van der Waals surface area (Å²) in [5, 5.41) is 5.24. The van der Waals surface area contributed by atoms with Crippen LogP contribution in [0.25, 0.3) is 10.4 Å². The summed E-state index contributed by atoms with van der Waals surface area (Å²) in [5.74, 6) is 0.237. The second-order valence-electron chi connectivity index (χ2n) is 9.57. The topological polar surface area (TPSA) is 119 Å². The lowest BCUT2D eigenvalue weighted by Crippen LogP contribution is -2.41. The number of nitrogens with one attached hydrogen (secondary N) is 1. The predicted molar refractivity (Wildman–Crippen MR) is 124 cm³/mol. The number of aromatic nitrogens is 1. The summed E-state index contributed by atoms with van der Waals surface area (Å²) in [4.78, 5) is 3.50. The van der Waals surface area contributed by atoms with E-state index in [0.717, 1.165) is 44.2 Å². The van der Waals surface area contributed by atoms with Gasteiger partial charge >= 0.3 is 6.18 Å². The fraction of sp³-hybridized carbons (Fsp3) is 0.571. The molecule has 2 aromatic rings. The molecule has 1 aromatic heterocycles. The fourth-order valence-corrected chi connectivity index (χ4v) is 7.47. The number of sulfonamides is 2. The Morgan fingerprint density at radius 3 is 2.24 bits per heavy atom. The molecule has 34 heavy (non-hydrogen) atoms. The number of primary sulfonamides is 1. The second-order valence-corrected chi connectivity index (χ2v) is 14.0. The zero-order valence-corrected chi connectivity index (χ0v) is 21.5. The molecule has 1 fully saturated rings. The number of rotatable bonds is 6. The van der Waals surface area contributed by atoms with Gasteiger partial charge in [0.25, 0.3) is 10.0 Å². The highest BCUT2D eigenvalue weighted by Gasteiger charge is 2.39. The van der Waals surface area contributed by atoms with Gasteiger partial charge < -0.3 is 0 Å². The highest BCUT2D eigenvalue weighted by molar-refractivity contribution is 7.91. The van der Waals surface area contributed by atoms with Crippen molar-refractivity contribution in [3.63, 3.8) is 0 Å². The van der Waals surface area contributed by atoms with E-state index in [9.17, 15) is 30.0 Å². The fourth-order valence-electron chi connectivity index (χ4n) is 4.07. The average molecular weight is 540 g/mol. The summed E-state index contributed by atoms with van der Waals surface area (Å²) >= 11 is 0.694. The molecule has 0 aliphatic heterocycles. The number of halogens is 3. The Kier molecular flexibility index (Phi) is 7.55. The van der Waals surface area contributed by atoms with Crippen molar-refractivity contribution < 1.29 is 30.0 Å². The molecule has 1 heterocycles. The van der Waals surface area contributed by atoms with Gasteiger partial charge in [0.05, 0.1) is 21.0 Å². The minimum Gasteiger partial charge on any atom is -0.228 e. The van der Waals surface area contributed by atoms with Crippen LogP contribution < -0.4 is 9.86 Å². The molecule has 0 atom stereocenters. The highest BCUT2D eigenvalue weighted by atomic mass is 32.2. The SMILES string of the molecule is CC(C)(C)NS(=O)(=O)c1ccc(-c2sc(S(N)(=O)=O)nc2CC2CCCCC2)cc1C(F)(F)F. The van der Waals surface area contributed by atoms with Crippen LogP contribution in [-0.2, 0) is 32.6 Å². The molecular weight excluding hydrogens is 511 g/mol. The normalized spacial score (nSPS) is 16.7. The molecule has 3 rings (SSSR count). The monoisotopic (exact) mass is 539 g/mol.